The minimum Gasteiger partial charge on any atom is -0.309 e. The van der Waals surface area contributed by atoms with Gasteiger partial charge in [0, 0.05) is 58.5 Å². The van der Waals surface area contributed by atoms with Gasteiger partial charge in [-0.15, -0.1) is 11.3 Å². The molecule has 0 amide bonds. The molecule has 12 aromatic rings. The van der Waals surface area contributed by atoms with Crippen molar-refractivity contribution in [1.82, 2.24) is 24.1 Å². The standard InChI is InChI=1S/C59H45N5S/c1-58(2)32-33-59(3,4)47-35-50-45(34-46(47)58)52-49(31-30-43-41-20-11-13-24-48(41)63(53(43)52)39-18-9-6-10-19-39)64(50)57-61-55(37-16-7-5-8-17-37)60-56(62-57)38-28-26-36(27-29-38)40-22-15-23-44-42-21-12-14-25-51(42)65-54(40)44/h5-31,34-35H,32-33H2,1-4H3. The number of hydrogen-bond acceptors (Lipinski definition) is 4. The van der Waals surface area contributed by atoms with Crippen LogP contribution in [0.25, 0.3) is 109 Å². The van der Waals surface area contributed by atoms with Gasteiger partial charge in [0.1, 0.15) is 0 Å². The fraction of sp³-hybridized carbons (Fsp3) is 0.136. The van der Waals surface area contributed by atoms with Crippen LogP contribution in [0.2, 0.25) is 0 Å². The van der Waals surface area contributed by atoms with E-state index < -0.39 is 0 Å². The van der Waals surface area contributed by atoms with Crippen LogP contribution in [0.5, 0.6) is 0 Å². The lowest BCUT2D eigenvalue weighted by molar-refractivity contribution is 0.332. The molecule has 65 heavy (non-hydrogen) atoms. The summed E-state index contributed by atoms with van der Waals surface area (Å²) in [6, 6.07) is 63.6. The third-order valence-electron chi connectivity index (χ3n) is 14.3. The second-order valence-electron chi connectivity index (χ2n) is 19.1. The molecule has 6 heteroatoms. The van der Waals surface area contributed by atoms with Gasteiger partial charge in [-0.3, -0.25) is 4.57 Å². The van der Waals surface area contributed by atoms with Gasteiger partial charge in [0.25, 0.3) is 0 Å². The van der Waals surface area contributed by atoms with E-state index >= 15 is 0 Å². The van der Waals surface area contributed by atoms with Gasteiger partial charge in [-0.05, 0) is 88.4 Å². The summed E-state index contributed by atoms with van der Waals surface area (Å²) < 4.78 is 7.39. The first-order chi connectivity index (χ1) is 31.7. The highest BCUT2D eigenvalue weighted by atomic mass is 32.1. The quantitative estimate of drug-likeness (QED) is 0.173. The van der Waals surface area contributed by atoms with E-state index in [0.29, 0.717) is 17.6 Å². The van der Waals surface area contributed by atoms with E-state index in [2.05, 4.69) is 207 Å². The molecule has 13 rings (SSSR count). The Morgan fingerprint density at radius 2 is 1.06 bits per heavy atom. The number of aromatic nitrogens is 5. The molecule has 0 spiro atoms. The van der Waals surface area contributed by atoms with Gasteiger partial charge < -0.3 is 4.57 Å². The van der Waals surface area contributed by atoms with Crippen LogP contribution >= 0.6 is 11.3 Å². The molecule has 8 aromatic carbocycles. The van der Waals surface area contributed by atoms with Crippen molar-refractivity contribution in [3.05, 3.63) is 187 Å². The fourth-order valence-electron chi connectivity index (χ4n) is 10.8. The molecule has 312 valence electrons. The van der Waals surface area contributed by atoms with Crippen LogP contribution in [0, 0.1) is 0 Å². The first-order valence-electron chi connectivity index (χ1n) is 22.7. The van der Waals surface area contributed by atoms with Gasteiger partial charge in [0.05, 0.1) is 22.1 Å². The molecule has 1 aliphatic carbocycles. The number of para-hydroxylation sites is 2. The van der Waals surface area contributed by atoms with E-state index in [4.69, 9.17) is 15.0 Å². The van der Waals surface area contributed by atoms with Crippen molar-refractivity contribution in [2.24, 2.45) is 0 Å². The van der Waals surface area contributed by atoms with E-state index in [-0.39, 0.29) is 10.8 Å². The molecule has 0 N–H and O–H groups in total. The topological polar surface area (TPSA) is 48.5 Å². The largest absolute Gasteiger partial charge is 0.309 e. The Morgan fingerprint density at radius 3 is 1.82 bits per heavy atom. The van der Waals surface area contributed by atoms with Crippen molar-refractivity contribution in [1.29, 1.82) is 0 Å². The van der Waals surface area contributed by atoms with Crippen LogP contribution < -0.4 is 0 Å². The summed E-state index contributed by atoms with van der Waals surface area (Å²) in [5, 5.41) is 7.45. The van der Waals surface area contributed by atoms with Gasteiger partial charge in [-0.1, -0.05) is 161 Å². The first kappa shape index (κ1) is 38.1. The van der Waals surface area contributed by atoms with Crippen LogP contribution in [-0.2, 0) is 10.8 Å². The van der Waals surface area contributed by atoms with Crippen LogP contribution in [0.15, 0.2) is 176 Å². The minimum atomic E-state index is -0.00401. The van der Waals surface area contributed by atoms with Gasteiger partial charge >= 0.3 is 0 Å². The molecular formula is C59H45N5S. The lowest BCUT2D eigenvalue weighted by Crippen LogP contribution is -2.33. The van der Waals surface area contributed by atoms with Gasteiger partial charge in [-0.2, -0.15) is 9.97 Å². The van der Waals surface area contributed by atoms with E-state index in [9.17, 15) is 0 Å². The number of benzene rings is 8. The SMILES string of the molecule is CC1(C)CCC(C)(C)c2cc3c(cc21)c1c(ccc2c4ccccc4n(-c4ccccc4)c21)n3-c1nc(-c2ccccc2)nc(-c2ccc(-c3cccc4c3sc3ccccc34)cc2)n1. The highest BCUT2D eigenvalue weighted by molar-refractivity contribution is 7.26. The Morgan fingerprint density at radius 1 is 0.446 bits per heavy atom. The molecule has 4 heterocycles. The summed E-state index contributed by atoms with van der Waals surface area (Å²) in [5.74, 6) is 1.87. The van der Waals surface area contributed by atoms with E-state index in [0.717, 1.165) is 40.7 Å². The lowest BCUT2D eigenvalue weighted by Gasteiger charge is -2.42. The maximum Gasteiger partial charge on any atom is 0.238 e. The summed E-state index contributed by atoms with van der Waals surface area (Å²) in [7, 11) is 0. The molecule has 1 aliphatic rings. The molecular weight excluding hydrogens is 811 g/mol. The van der Waals surface area contributed by atoms with Crippen molar-refractivity contribution in [2.45, 2.75) is 51.4 Å². The average molecular weight is 856 g/mol. The summed E-state index contributed by atoms with van der Waals surface area (Å²) in [5.41, 5.74) is 12.8. The summed E-state index contributed by atoms with van der Waals surface area (Å²) in [6.45, 7) is 9.65. The van der Waals surface area contributed by atoms with E-state index in [1.807, 2.05) is 17.4 Å². The number of fused-ring (bicyclic) bond motifs is 11. The second kappa shape index (κ2) is 14.0. The number of nitrogens with zero attached hydrogens (tertiary/aromatic N) is 5. The highest BCUT2D eigenvalue weighted by Crippen LogP contribution is 2.50. The smallest absolute Gasteiger partial charge is 0.238 e. The highest BCUT2D eigenvalue weighted by Gasteiger charge is 2.38. The third-order valence-corrected chi connectivity index (χ3v) is 15.5. The third kappa shape index (κ3) is 5.80. The molecule has 0 saturated carbocycles. The van der Waals surface area contributed by atoms with Gasteiger partial charge in [0.2, 0.25) is 5.95 Å². The molecule has 0 unspecified atom stereocenters. The molecule has 0 fully saturated rings. The molecule has 0 atom stereocenters. The van der Waals surface area contributed by atoms with Crippen LogP contribution in [0.1, 0.15) is 51.7 Å². The molecule has 4 aromatic heterocycles. The zero-order valence-electron chi connectivity index (χ0n) is 36.8. The number of hydrogen-bond donors (Lipinski definition) is 0. The maximum atomic E-state index is 5.47. The lowest BCUT2D eigenvalue weighted by atomic mass is 9.63. The normalized spacial score (nSPS) is 14.6. The summed E-state index contributed by atoms with van der Waals surface area (Å²) in [4.78, 5) is 16.1. The van der Waals surface area contributed by atoms with Crippen LogP contribution in [0.3, 0.4) is 0 Å². The summed E-state index contributed by atoms with van der Waals surface area (Å²) in [6.07, 6.45) is 2.25. The zero-order valence-corrected chi connectivity index (χ0v) is 37.6. The Labute approximate surface area is 381 Å². The van der Waals surface area contributed by atoms with Crippen LogP contribution in [-0.4, -0.2) is 24.1 Å². The monoisotopic (exact) mass is 855 g/mol. The van der Waals surface area contributed by atoms with Crippen molar-refractivity contribution in [2.75, 3.05) is 0 Å². The van der Waals surface area contributed by atoms with E-state index in [1.165, 1.54) is 75.0 Å². The number of thiophene rings is 1. The van der Waals surface area contributed by atoms with Gasteiger partial charge in [0.15, 0.2) is 11.6 Å². The van der Waals surface area contributed by atoms with Gasteiger partial charge in [-0.25, -0.2) is 4.98 Å². The fourth-order valence-corrected chi connectivity index (χ4v) is 12.0. The number of rotatable bonds is 5. The Bertz CT molecular complexity index is 3870. The Balaban J connectivity index is 1.09. The Kier molecular flexibility index (Phi) is 8.23. The van der Waals surface area contributed by atoms with Crippen molar-refractivity contribution in [3.8, 4) is 45.5 Å². The molecule has 0 saturated heterocycles. The zero-order chi connectivity index (χ0) is 43.6. The van der Waals surface area contributed by atoms with E-state index in [1.54, 1.807) is 0 Å². The van der Waals surface area contributed by atoms with Crippen LogP contribution in [0.4, 0.5) is 0 Å². The molecule has 5 nitrogen and oxygen atoms in total. The molecule has 0 radical (unpaired) electrons. The molecule has 0 aliphatic heterocycles. The van der Waals surface area contributed by atoms with Crippen molar-refractivity contribution >= 4 is 75.1 Å². The second-order valence-corrected chi connectivity index (χ2v) is 20.1. The minimum absolute atomic E-state index is 0.00401. The molecule has 0 bridgehead atoms. The Hall–Kier alpha value is -7.41. The van der Waals surface area contributed by atoms with Crippen molar-refractivity contribution in [3.63, 3.8) is 0 Å². The predicted octanol–water partition coefficient (Wildman–Crippen LogP) is 15.8. The predicted molar refractivity (Wildman–Crippen MR) is 273 cm³/mol. The first-order valence-corrected chi connectivity index (χ1v) is 23.5. The maximum absolute atomic E-state index is 5.47. The average Bonchev–Trinajstić information content (AvgIpc) is 4.01. The van der Waals surface area contributed by atoms with Crippen molar-refractivity contribution < 1.29 is 0 Å². The summed E-state index contributed by atoms with van der Waals surface area (Å²) >= 11 is 1.86.